The molecular weight excluding hydrogens is 250 g/mol. The Labute approximate surface area is 122 Å². The van der Waals surface area contributed by atoms with Gasteiger partial charge in [-0.2, -0.15) is 0 Å². The van der Waals surface area contributed by atoms with Crippen LogP contribution in [0.1, 0.15) is 39.2 Å². The van der Waals surface area contributed by atoms with Crippen LogP contribution in [0, 0.1) is 0 Å². The van der Waals surface area contributed by atoms with Gasteiger partial charge >= 0.3 is 5.97 Å². The van der Waals surface area contributed by atoms with E-state index in [2.05, 4.69) is 43.0 Å². The van der Waals surface area contributed by atoms with Crippen LogP contribution >= 0.6 is 0 Å². The summed E-state index contributed by atoms with van der Waals surface area (Å²) >= 11 is 0. The summed E-state index contributed by atoms with van der Waals surface area (Å²) in [5, 5.41) is 0. The van der Waals surface area contributed by atoms with Crippen molar-refractivity contribution in [2.75, 3.05) is 19.7 Å². The number of hydrogen-bond acceptors (Lipinski definition) is 3. The number of nitrogens with zero attached hydrogens (tertiary/aromatic N) is 1. The molecule has 0 bridgehead atoms. The average Bonchev–Trinajstić information content (AvgIpc) is 2.43. The Morgan fingerprint density at radius 3 is 2.50 bits per heavy atom. The first-order valence-electron chi connectivity index (χ1n) is 7.57. The highest BCUT2D eigenvalue weighted by molar-refractivity contribution is 5.71. The smallest absolute Gasteiger partial charge is 0.320 e. The number of hydrogen-bond donors (Lipinski definition) is 0. The van der Waals surface area contributed by atoms with Gasteiger partial charge in [0.2, 0.25) is 0 Å². The summed E-state index contributed by atoms with van der Waals surface area (Å²) in [6.45, 7) is 7.89. The maximum atomic E-state index is 11.5. The van der Waals surface area contributed by atoms with Crippen molar-refractivity contribution in [2.24, 2.45) is 0 Å². The number of ether oxygens (including phenoxy) is 1. The van der Waals surface area contributed by atoms with Gasteiger partial charge in [0.05, 0.1) is 13.2 Å². The molecule has 0 saturated heterocycles. The molecule has 0 aliphatic heterocycles. The number of rotatable bonds is 9. The summed E-state index contributed by atoms with van der Waals surface area (Å²) in [4.78, 5) is 13.7. The maximum absolute atomic E-state index is 11.5. The second kappa shape index (κ2) is 9.54. The summed E-state index contributed by atoms with van der Waals surface area (Å²) in [5.74, 6) is -0.121. The van der Waals surface area contributed by atoms with E-state index in [0.29, 0.717) is 19.2 Å². The molecule has 3 heteroatoms. The van der Waals surface area contributed by atoms with Crippen LogP contribution in [0.25, 0.3) is 0 Å². The molecule has 0 aliphatic carbocycles. The minimum absolute atomic E-state index is 0.121. The third-order valence-electron chi connectivity index (χ3n) is 3.37. The van der Waals surface area contributed by atoms with E-state index in [1.165, 1.54) is 5.56 Å². The average molecular weight is 277 g/mol. The van der Waals surface area contributed by atoms with Crippen LogP contribution in [0.2, 0.25) is 0 Å². The van der Waals surface area contributed by atoms with Crippen LogP contribution in [0.4, 0.5) is 0 Å². The zero-order valence-corrected chi connectivity index (χ0v) is 13.0. The molecule has 0 fully saturated rings. The molecule has 0 unspecified atom stereocenters. The molecule has 0 N–H and O–H groups in total. The highest BCUT2D eigenvalue weighted by Crippen LogP contribution is 2.07. The first kappa shape index (κ1) is 16.7. The normalized spacial score (nSPS) is 11.1. The van der Waals surface area contributed by atoms with E-state index in [0.717, 1.165) is 25.8 Å². The highest BCUT2D eigenvalue weighted by atomic mass is 16.5. The summed E-state index contributed by atoms with van der Waals surface area (Å²) in [6, 6.07) is 10.9. The summed E-state index contributed by atoms with van der Waals surface area (Å²) in [7, 11) is 0. The maximum Gasteiger partial charge on any atom is 0.320 e. The lowest BCUT2D eigenvalue weighted by molar-refractivity contribution is -0.144. The molecule has 0 saturated carbocycles. The number of benzene rings is 1. The standard InChI is InChI=1S/C17H27NO2/c1-4-20-17(19)14-18(15(2)3)13-9-8-12-16-10-6-5-7-11-16/h5-7,10-11,15H,4,8-9,12-14H2,1-3H3. The first-order valence-corrected chi connectivity index (χ1v) is 7.57. The van der Waals surface area contributed by atoms with Gasteiger partial charge in [-0.3, -0.25) is 9.69 Å². The minimum atomic E-state index is -0.121. The van der Waals surface area contributed by atoms with Gasteiger partial charge in [0.15, 0.2) is 0 Å². The molecule has 1 rings (SSSR count). The van der Waals surface area contributed by atoms with Crippen LogP contribution in [-0.2, 0) is 16.0 Å². The monoisotopic (exact) mass is 277 g/mol. The molecule has 1 aromatic carbocycles. The largest absolute Gasteiger partial charge is 0.465 e. The fourth-order valence-electron chi connectivity index (χ4n) is 2.18. The predicted molar refractivity (Wildman–Crippen MR) is 82.7 cm³/mol. The number of carbonyl (C=O) groups excluding carboxylic acids is 1. The SMILES string of the molecule is CCOC(=O)CN(CCCCc1ccccc1)C(C)C. The van der Waals surface area contributed by atoms with Crippen molar-refractivity contribution in [1.29, 1.82) is 0 Å². The second-order valence-electron chi connectivity index (χ2n) is 5.31. The van der Waals surface area contributed by atoms with Gasteiger partial charge in [0, 0.05) is 6.04 Å². The molecule has 0 radical (unpaired) electrons. The minimum Gasteiger partial charge on any atom is -0.465 e. The molecule has 0 aliphatic rings. The molecule has 112 valence electrons. The number of aryl methyl sites for hydroxylation is 1. The van der Waals surface area contributed by atoms with Crippen LogP contribution < -0.4 is 0 Å². The highest BCUT2D eigenvalue weighted by Gasteiger charge is 2.14. The third-order valence-corrected chi connectivity index (χ3v) is 3.37. The zero-order valence-electron chi connectivity index (χ0n) is 13.0. The second-order valence-corrected chi connectivity index (χ2v) is 5.31. The van der Waals surface area contributed by atoms with E-state index in [9.17, 15) is 4.79 Å². The van der Waals surface area contributed by atoms with Crippen molar-refractivity contribution >= 4 is 5.97 Å². The van der Waals surface area contributed by atoms with Gasteiger partial charge in [-0.1, -0.05) is 30.3 Å². The van der Waals surface area contributed by atoms with Crippen molar-refractivity contribution in [3.05, 3.63) is 35.9 Å². The topological polar surface area (TPSA) is 29.5 Å². The summed E-state index contributed by atoms with van der Waals surface area (Å²) < 4.78 is 5.02. The van der Waals surface area contributed by atoms with Crippen molar-refractivity contribution in [2.45, 2.75) is 46.1 Å². The predicted octanol–water partition coefficient (Wildman–Crippen LogP) is 3.28. The lowest BCUT2D eigenvalue weighted by Gasteiger charge is -2.25. The summed E-state index contributed by atoms with van der Waals surface area (Å²) in [6.07, 6.45) is 3.36. The lowest BCUT2D eigenvalue weighted by Crippen LogP contribution is -2.37. The van der Waals surface area contributed by atoms with Gasteiger partial charge in [-0.15, -0.1) is 0 Å². The number of carbonyl (C=O) groups is 1. The molecule has 3 nitrogen and oxygen atoms in total. The Bertz CT molecular complexity index is 376. The van der Waals surface area contributed by atoms with E-state index in [1.807, 2.05) is 13.0 Å². The summed E-state index contributed by atoms with van der Waals surface area (Å²) in [5.41, 5.74) is 1.38. The molecule has 0 aromatic heterocycles. The lowest BCUT2D eigenvalue weighted by atomic mass is 10.1. The fraction of sp³-hybridized carbons (Fsp3) is 0.588. The van der Waals surface area contributed by atoms with Crippen molar-refractivity contribution in [1.82, 2.24) is 4.90 Å². The molecular formula is C17H27NO2. The van der Waals surface area contributed by atoms with E-state index >= 15 is 0 Å². The molecule has 0 amide bonds. The Hall–Kier alpha value is -1.35. The quantitative estimate of drug-likeness (QED) is 0.512. The van der Waals surface area contributed by atoms with Gasteiger partial charge in [-0.05, 0) is 52.1 Å². The Kier molecular flexibility index (Phi) is 7.97. The van der Waals surface area contributed by atoms with E-state index < -0.39 is 0 Å². The molecule has 20 heavy (non-hydrogen) atoms. The Balaban J connectivity index is 2.27. The van der Waals surface area contributed by atoms with Gasteiger partial charge in [0.1, 0.15) is 0 Å². The number of unbranched alkanes of at least 4 members (excludes halogenated alkanes) is 1. The molecule has 1 aromatic rings. The molecule has 0 spiro atoms. The molecule has 0 atom stereocenters. The first-order chi connectivity index (χ1) is 9.63. The van der Waals surface area contributed by atoms with Gasteiger partial charge in [-0.25, -0.2) is 0 Å². The third kappa shape index (κ3) is 6.71. The van der Waals surface area contributed by atoms with Gasteiger partial charge < -0.3 is 4.74 Å². The van der Waals surface area contributed by atoms with Crippen molar-refractivity contribution in [3.8, 4) is 0 Å². The van der Waals surface area contributed by atoms with Crippen molar-refractivity contribution < 1.29 is 9.53 Å². The van der Waals surface area contributed by atoms with Crippen LogP contribution in [0.3, 0.4) is 0 Å². The van der Waals surface area contributed by atoms with Crippen LogP contribution in [0.5, 0.6) is 0 Å². The number of esters is 1. The van der Waals surface area contributed by atoms with E-state index in [1.54, 1.807) is 0 Å². The van der Waals surface area contributed by atoms with E-state index in [4.69, 9.17) is 4.74 Å². The van der Waals surface area contributed by atoms with Crippen LogP contribution in [0.15, 0.2) is 30.3 Å². The fourth-order valence-corrected chi connectivity index (χ4v) is 2.18. The van der Waals surface area contributed by atoms with Crippen LogP contribution in [-0.4, -0.2) is 36.6 Å². The molecule has 0 heterocycles. The zero-order chi connectivity index (χ0) is 14.8. The van der Waals surface area contributed by atoms with Crippen molar-refractivity contribution in [3.63, 3.8) is 0 Å². The van der Waals surface area contributed by atoms with E-state index in [-0.39, 0.29) is 5.97 Å². The Morgan fingerprint density at radius 1 is 1.20 bits per heavy atom. The Morgan fingerprint density at radius 2 is 1.90 bits per heavy atom. The van der Waals surface area contributed by atoms with Gasteiger partial charge in [0.25, 0.3) is 0 Å².